The van der Waals surface area contributed by atoms with Gasteiger partial charge in [-0.15, -0.1) is 10.2 Å². The smallest absolute Gasteiger partial charge is 0.273 e. The number of nitrogens with one attached hydrogen (secondary N) is 4. The molecule has 190 valence electrons. The number of thioether (sulfide) groups is 2. The fourth-order valence-corrected chi connectivity index (χ4v) is 4.80. The van der Waals surface area contributed by atoms with Gasteiger partial charge in [0.05, 0.1) is 38.9 Å². The molecule has 2 aliphatic heterocycles. The van der Waals surface area contributed by atoms with Crippen LogP contribution >= 0.6 is 23.5 Å². The minimum Gasteiger partial charge on any atom is -0.303 e. The second-order valence-electron chi connectivity index (χ2n) is 7.60. The summed E-state index contributed by atoms with van der Waals surface area (Å²) < 4.78 is 0. The molecule has 0 atom stereocenters. The van der Waals surface area contributed by atoms with E-state index in [4.69, 9.17) is 0 Å². The average molecular weight is 543 g/mol. The van der Waals surface area contributed by atoms with Crippen LogP contribution in [0, 0.1) is 24.0 Å². The molecule has 2 fully saturated rings. The first-order valence-corrected chi connectivity index (χ1v) is 12.5. The van der Waals surface area contributed by atoms with Gasteiger partial charge in [-0.1, -0.05) is 23.5 Å². The van der Waals surface area contributed by atoms with Crippen molar-refractivity contribution in [2.45, 2.75) is 13.8 Å². The zero-order valence-corrected chi connectivity index (χ0v) is 20.9. The molecular formula is C21H18N8O6S2. The molecule has 0 saturated carbocycles. The van der Waals surface area contributed by atoms with Gasteiger partial charge in [-0.25, -0.2) is 10.9 Å². The Morgan fingerprint density at radius 3 is 1.76 bits per heavy atom. The van der Waals surface area contributed by atoms with Crippen molar-refractivity contribution in [2.75, 3.05) is 11.5 Å². The fraction of sp³-hybridized carbons (Fsp3) is 0.190. The molecular weight excluding hydrogens is 524 g/mol. The van der Waals surface area contributed by atoms with Crippen LogP contribution in [-0.4, -0.2) is 55.4 Å². The number of hydrogen-bond donors (Lipinski definition) is 4. The Hall–Kier alpha value is -4.31. The zero-order chi connectivity index (χ0) is 26.7. The largest absolute Gasteiger partial charge is 0.303 e. The molecule has 3 heterocycles. The number of non-ortho nitro benzene ring substituents is 1. The molecule has 16 heteroatoms. The minimum atomic E-state index is -0.716. The SMILES string of the molecule is Cc1nc(C)c(C(=O)N/N=C2\NC(=O)CS2)c(-c2ccc([N+](=O)[O-])cc2)c1C(=O)N/N=C1\NC(=O)CS1. The number of rotatable bonds is 6. The third kappa shape index (κ3) is 5.75. The van der Waals surface area contributed by atoms with Gasteiger partial charge in [-0.2, -0.15) is 0 Å². The summed E-state index contributed by atoms with van der Waals surface area (Å²) in [4.78, 5) is 64.3. The predicted octanol–water partition coefficient (Wildman–Crippen LogP) is 1.00. The van der Waals surface area contributed by atoms with E-state index in [1.54, 1.807) is 13.8 Å². The van der Waals surface area contributed by atoms with E-state index in [9.17, 15) is 29.3 Å². The molecule has 0 unspecified atom stereocenters. The Kier molecular flexibility index (Phi) is 7.49. The molecule has 14 nitrogen and oxygen atoms in total. The van der Waals surface area contributed by atoms with E-state index < -0.39 is 16.7 Å². The van der Waals surface area contributed by atoms with E-state index >= 15 is 0 Å². The van der Waals surface area contributed by atoms with Crippen LogP contribution < -0.4 is 21.5 Å². The van der Waals surface area contributed by atoms with Crippen LogP contribution in [0.25, 0.3) is 11.1 Å². The minimum absolute atomic E-state index is 0.000487. The number of benzene rings is 1. The number of nitro benzene ring substituents is 1. The molecule has 0 bridgehead atoms. The summed E-state index contributed by atoms with van der Waals surface area (Å²) >= 11 is 2.22. The lowest BCUT2D eigenvalue weighted by molar-refractivity contribution is -0.384. The molecule has 2 saturated heterocycles. The van der Waals surface area contributed by atoms with Crippen LogP contribution in [0.1, 0.15) is 32.1 Å². The number of amides is 4. The Labute approximate surface area is 217 Å². The maximum atomic E-state index is 13.3. The summed E-state index contributed by atoms with van der Waals surface area (Å²) in [5, 5.41) is 24.4. The van der Waals surface area contributed by atoms with Crippen molar-refractivity contribution in [1.82, 2.24) is 26.5 Å². The van der Waals surface area contributed by atoms with Gasteiger partial charge in [0.25, 0.3) is 17.5 Å². The fourth-order valence-electron chi connectivity index (χ4n) is 3.53. The second kappa shape index (κ2) is 10.8. The summed E-state index contributed by atoms with van der Waals surface area (Å²) in [6.07, 6.45) is 0. The molecule has 2 aromatic rings. The van der Waals surface area contributed by atoms with E-state index in [1.807, 2.05) is 0 Å². The number of carbonyl (C=O) groups excluding carboxylic acids is 4. The number of aryl methyl sites for hydroxylation is 2. The standard InChI is InChI=1S/C21H18N8O6S2/c1-9-15(18(32)25-27-20-23-13(30)7-36-20)17(11-3-5-12(6-4-11)29(34)35)16(10(2)22-9)19(33)26-28-21-24-14(31)8-37-21/h3-6H,7-8H2,1-2H3,(H,25,32)(H,26,33)(H,23,27,30)(H,24,28,31). The Morgan fingerprint density at radius 2 is 1.38 bits per heavy atom. The van der Waals surface area contributed by atoms with Crippen LogP contribution in [0.5, 0.6) is 0 Å². The van der Waals surface area contributed by atoms with E-state index in [1.165, 1.54) is 24.3 Å². The third-order valence-electron chi connectivity index (χ3n) is 5.07. The van der Waals surface area contributed by atoms with E-state index in [0.29, 0.717) is 5.56 Å². The quantitative estimate of drug-likeness (QED) is 0.304. The van der Waals surface area contributed by atoms with Crippen molar-refractivity contribution in [1.29, 1.82) is 0 Å². The second-order valence-corrected chi connectivity index (χ2v) is 9.53. The number of hydrogen-bond acceptors (Lipinski definition) is 11. The molecule has 0 aliphatic carbocycles. The number of amidine groups is 2. The van der Waals surface area contributed by atoms with Gasteiger partial charge in [0.2, 0.25) is 11.8 Å². The zero-order valence-electron chi connectivity index (χ0n) is 19.3. The van der Waals surface area contributed by atoms with Crippen LogP contribution in [0.4, 0.5) is 5.69 Å². The molecule has 1 aromatic heterocycles. The number of carbonyl (C=O) groups is 4. The van der Waals surface area contributed by atoms with Crippen molar-refractivity contribution in [2.24, 2.45) is 10.2 Å². The van der Waals surface area contributed by atoms with Gasteiger partial charge in [-0.3, -0.25) is 34.3 Å². The summed E-state index contributed by atoms with van der Waals surface area (Å²) in [6.45, 7) is 3.14. The first-order chi connectivity index (χ1) is 17.6. The average Bonchev–Trinajstić information content (AvgIpc) is 3.48. The van der Waals surface area contributed by atoms with Gasteiger partial charge in [0.1, 0.15) is 0 Å². The highest BCUT2D eigenvalue weighted by Gasteiger charge is 2.27. The normalized spacial score (nSPS) is 17.0. The number of pyridine rings is 1. The first-order valence-electron chi connectivity index (χ1n) is 10.5. The van der Waals surface area contributed by atoms with Crippen molar-refractivity contribution in [3.63, 3.8) is 0 Å². The van der Waals surface area contributed by atoms with Crippen LogP contribution in [0.2, 0.25) is 0 Å². The van der Waals surface area contributed by atoms with Gasteiger partial charge in [-0.05, 0) is 31.5 Å². The van der Waals surface area contributed by atoms with Crippen molar-refractivity contribution in [3.8, 4) is 11.1 Å². The van der Waals surface area contributed by atoms with E-state index in [0.717, 1.165) is 23.5 Å². The van der Waals surface area contributed by atoms with Gasteiger partial charge in [0, 0.05) is 17.7 Å². The lowest BCUT2D eigenvalue weighted by Gasteiger charge is -2.17. The molecule has 4 amide bonds. The number of nitrogens with zero attached hydrogens (tertiary/aromatic N) is 4. The third-order valence-corrected chi connectivity index (χ3v) is 6.82. The summed E-state index contributed by atoms with van der Waals surface area (Å²) in [5.41, 5.74) is 5.58. The highest BCUT2D eigenvalue weighted by Crippen LogP contribution is 2.32. The molecule has 37 heavy (non-hydrogen) atoms. The summed E-state index contributed by atoms with van der Waals surface area (Å²) in [6, 6.07) is 5.33. The lowest BCUT2D eigenvalue weighted by atomic mass is 9.91. The molecule has 4 rings (SSSR count). The Morgan fingerprint density at radius 1 is 0.919 bits per heavy atom. The molecule has 4 N–H and O–H groups in total. The lowest BCUT2D eigenvalue weighted by Crippen LogP contribution is -2.29. The van der Waals surface area contributed by atoms with Crippen molar-refractivity contribution in [3.05, 3.63) is 56.9 Å². The van der Waals surface area contributed by atoms with Crippen molar-refractivity contribution >= 4 is 63.2 Å². The van der Waals surface area contributed by atoms with Crippen LogP contribution in [0.15, 0.2) is 34.5 Å². The van der Waals surface area contributed by atoms with Crippen molar-refractivity contribution < 1.29 is 24.1 Å². The molecule has 1 aromatic carbocycles. The number of aromatic nitrogens is 1. The van der Waals surface area contributed by atoms with Gasteiger partial charge >= 0.3 is 0 Å². The maximum absolute atomic E-state index is 13.3. The highest BCUT2D eigenvalue weighted by molar-refractivity contribution is 8.15. The van der Waals surface area contributed by atoms with E-state index in [2.05, 4.69) is 36.7 Å². The Bertz CT molecular complexity index is 1330. The first kappa shape index (κ1) is 25.8. The van der Waals surface area contributed by atoms with E-state index in [-0.39, 0.29) is 67.4 Å². The number of hydrazone groups is 2. The summed E-state index contributed by atoms with van der Waals surface area (Å²) in [5.74, 6) is -1.61. The monoisotopic (exact) mass is 542 g/mol. The van der Waals surface area contributed by atoms with Crippen LogP contribution in [-0.2, 0) is 9.59 Å². The number of nitro groups is 1. The highest BCUT2D eigenvalue weighted by atomic mass is 32.2. The topological polar surface area (TPSA) is 197 Å². The predicted molar refractivity (Wildman–Crippen MR) is 137 cm³/mol. The summed E-state index contributed by atoms with van der Waals surface area (Å²) in [7, 11) is 0. The molecule has 0 spiro atoms. The van der Waals surface area contributed by atoms with Gasteiger partial charge in [0.15, 0.2) is 10.3 Å². The maximum Gasteiger partial charge on any atom is 0.273 e. The Balaban J connectivity index is 1.79. The molecule has 2 aliphatic rings. The van der Waals surface area contributed by atoms with Crippen LogP contribution in [0.3, 0.4) is 0 Å². The molecule has 0 radical (unpaired) electrons. The van der Waals surface area contributed by atoms with Gasteiger partial charge < -0.3 is 10.6 Å².